The smallest absolute Gasteiger partial charge is 0.501 e. The number of nitrogens with two attached hydrogens (primary N) is 1. The van der Waals surface area contributed by atoms with Crippen LogP contribution in [0, 0.1) is 11.9 Å². The molecule has 0 amide bonds. The Morgan fingerprint density at radius 1 is 1.19 bits per heavy atom. The molecule has 5 nitrogen and oxygen atoms in total. The molecule has 0 spiro atoms. The zero-order valence-electron chi connectivity index (χ0n) is 18.0. The van der Waals surface area contributed by atoms with Crippen molar-refractivity contribution in [1.82, 2.24) is 0 Å². The summed E-state index contributed by atoms with van der Waals surface area (Å²) in [6, 6.07) is 21.4. The van der Waals surface area contributed by atoms with Gasteiger partial charge in [0, 0.05) is 5.56 Å². The van der Waals surface area contributed by atoms with Gasteiger partial charge in [0.2, 0.25) is 0 Å². The number of aliphatic carboxylic acids is 1. The minimum atomic E-state index is -0.968. The number of ether oxygens (including phenoxy) is 2. The van der Waals surface area contributed by atoms with E-state index in [-0.39, 0.29) is 63.7 Å². The second-order valence-corrected chi connectivity index (χ2v) is 6.32. The zero-order chi connectivity index (χ0) is 21.9. The van der Waals surface area contributed by atoms with E-state index in [1.54, 1.807) is 7.11 Å². The van der Waals surface area contributed by atoms with Crippen molar-refractivity contribution in [2.45, 2.75) is 20.0 Å². The third kappa shape index (κ3) is 8.72. The number of halogens is 1. The van der Waals surface area contributed by atoms with Crippen molar-refractivity contribution in [2.75, 3.05) is 13.7 Å². The third-order valence-electron chi connectivity index (χ3n) is 4.23. The van der Waals surface area contributed by atoms with Crippen molar-refractivity contribution in [3.63, 3.8) is 0 Å². The third-order valence-corrected chi connectivity index (χ3v) is 4.23. The molecule has 0 radical (unpaired) electrons. The molecule has 0 saturated heterocycles. The predicted octanol–water partition coefficient (Wildman–Crippen LogP) is 1.48. The van der Waals surface area contributed by atoms with Crippen molar-refractivity contribution >= 4 is 5.97 Å². The van der Waals surface area contributed by atoms with Crippen LogP contribution < -0.4 is 66.6 Å². The number of rotatable bonds is 7. The Labute approximate surface area is 224 Å². The van der Waals surface area contributed by atoms with Crippen LogP contribution in [0.3, 0.4) is 0 Å². The zero-order valence-corrected chi connectivity index (χ0v) is 21.1. The Bertz CT molecular complexity index is 950. The molecule has 0 unspecified atom stereocenters. The molecule has 0 heterocycles. The Morgan fingerprint density at radius 3 is 2.39 bits per heavy atom. The summed E-state index contributed by atoms with van der Waals surface area (Å²) in [5.74, 6) is 0.259. The Kier molecular flexibility index (Phi) is 12.6. The van der Waals surface area contributed by atoms with Crippen molar-refractivity contribution in [3.05, 3.63) is 83.7 Å². The van der Waals surface area contributed by atoms with Crippen molar-refractivity contribution in [3.8, 4) is 22.6 Å². The summed E-state index contributed by atoms with van der Waals surface area (Å²) >= 11 is 0. The van der Waals surface area contributed by atoms with Gasteiger partial charge in [-0.15, -0.1) is 5.56 Å². The van der Waals surface area contributed by atoms with Crippen molar-refractivity contribution < 1.29 is 75.1 Å². The first-order valence-electron chi connectivity index (χ1n) is 9.45. The summed E-state index contributed by atoms with van der Waals surface area (Å²) in [6.07, 6.45) is 0.712. The van der Waals surface area contributed by atoms with Crippen molar-refractivity contribution in [1.29, 1.82) is 0 Å². The number of carboxylic acids is 1. The van der Waals surface area contributed by atoms with E-state index < -0.39 is 5.97 Å². The predicted molar refractivity (Wildman–Crippen MR) is 114 cm³/mol. The van der Waals surface area contributed by atoms with E-state index in [9.17, 15) is 9.18 Å². The summed E-state index contributed by atoms with van der Waals surface area (Å²) in [4.78, 5) is 9.24. The molecule has 0 bridgehead atoms. The Hall–Kier alpha value is -1.74. The molecule has 0 aliphatic heterocycles. The van der Waals surface area contributed by atoms with E-state index >= 15 is 0 Å². The van der Waals surface area contributed by atoms with Crippen LogP contribution in [0.5, 0.6) is 11.5 Å². The largest absolute Gasteiger partial charge is 1.00 e. The fourth-order valence-electron chi connectivity index (χ4n) is 2.79. The number of benzene rings is 3. The molecule has 0 aromatic heterocycles. The monoisotopic (exact) mass is 449 g/mol. The van der Waals surface area contributed by atoms with E-state index in [0.29, 0.717) is 13.0 Å². The molecule has 3 N–H and O–H groups in total. The molecular formula is C24H25FKNO4. The minimum absolute atomic E-state index is 0. The minimum Gasteiger partial charge on any atom is -0.501 e. The number of hydrogen-bond acceptors (Lipinski definition) is 4. The van der Waals surface area contributed by atoms with Gasteiger partial charge in [0.15, 0.2) is 0 Å². The van der Waals surface area contributed by atoms with Gasteiger partial charge < -0.3 is 20.3 Å². The van der Waals surface area contributed by atoms with Gasteiger partial charge in [-0.05, 0) is 41.8 Å². The van der Waals surface area contributed by atoms with Gasteiger partial charge in [-0.25, -0.2) is 4.39 Å². The van der Waals surface area contributed by atoms with Gasteiger partial charge in [-0.2, -0.15) is 30.3 Å². The van der Waals surface area contributed by atoms with E-state index in [0.717, 1.165) is 33.8 Å². The van der Waals surface area contributed by atoms with E-state index in [1.165, 1.54) is 12.1 Å². The SMILES string of the molecule is CCc1cc(F)cc(-c2ccc(OCc3c[c-]ccc3)cc2)c1OC.NCC(=O)O.[K+]. The van der Waals surface area contributed by atoms with E-state index in [2.05, 4.69) is 11.8 Å². The van der Waals surface area contributed by atoms with Crippen LogP contribution in [-0.2, 0) is 17.8 Å². The number of methoxy groups -OCH3 is 1. The van der Waals surface area contributed by atoms with Crippen LogP contribution in [0.15, 0.2) is 60.7 Å². The number of hydrogen-bond donors (Lipinski definition) is 2. The fraction of sp³-hybridized carbons (Fsp3) is 0.208. The maximum absolute atomic E-state index is 13.9. The fourth-order valence-corrected chi connectivity index (χ4v) is 2.79. The maximum Gasteiger partial charge on any atom is 1.00 e. The first-order chi connectivity index (χ1) is 14.5. The molecule has 0 atom stereocenters. The molecule has 0 aliphatic carbocycles. The number of carboxylic acid groups (broad SMARTS) is 1. The maximum atomic E-state index is 13.9. The summed E-state index contributed by atoms with van der Waals surface area (Å²) < 4.78 is 25.2. The molecule has 0 saturated carbocycles. The summed E-state index contributed by atoms with van der Waals surface area (Å²) in [7, 11) is 1.62. The van der Waals surface area contributed by atoms with Crippen LogP contribution in [0.1, 0.15) is 18.1 Å². The quantitative estimate of drug-likeness (QED) is 0.422. The number of carbonyl (C=O) groups is 1. The standard InChI is InChI=1S/C22H20FO2.C2H5NO2.K/c1-3-17-13-19(23)14-21(22(17)24-2)18-9-11-20(12-10-18)25-15-16-7-5-4-6-8-16;3-1-2(4)5;/h4-5,7-14H,3,15H2,1-2H3;1,3H2,(H,4,5);/q-1;;+1. The Balaban J connectivity index is 0.000000721. The molecular weight excluding hydrogens is 424 g/mol. The molecule has 0 fully saturated rings. The van der Waals surface area contributed by atoms with E-state index in [4.69, 9.17) is 14.6 Å². The average Bonchev–Trinajstić information content (AvgIpc) is 2.78. The molecule has 0 aliphatic rings. The summed E-state index contributed by atoms with van der Waals surface area (Å²) in [5, 5.41) is 7.60. The normalized spacial score (nSPS) is 9.68. The molecule has 158 valence electrons. The molecule has 7 heteroatoms. The molecule has 3 rings (SSSR count). The van der Waals surface area contributed by atoms with Crippen LogP contribution in [0.25, 0.3) is 11.1 Å². The molecule has 3 aromatic carbocycles. The average molecular weight is 450 g/mol. The van der Waals surface area contributed by atoms with Crippen molar-refractivity contribution in [2.24, 2.45) is 5.73 Å². The van der Waals surface area contributed by atoms with Crippen LogP contribution in [0.4, 0.5) is 4.39 Å². The second kappa shape index (κ2) is 14.3. The van der Waals surface area contributed by atoms with Gasteiger partial charge in [0.05, 0.1) is 20.3 Å². The van der Waals surface area contributed by atoms with Crippen LogP contribution >= 0.6 is 0 Å². The van der Waals surface area contributed by atoms with Crippen LogP contribution in [0.2, 0.25) is 0 Å². The van der Waals surface area contributed by atoms with Gasteiger partial charge >= 0.3 is 57.4 Å². The number of aryl methyl sites for hydroxylation is 1. The first kappa shape index (κ1) is 27.3. The van der Waals surface area contributed by atoms with Gasteiger partial charge in [-0.3, -0.25) is 4.79 Å². The van der Waals surface area contributed by atoms with Gasteiger partial charge in [0.25, 0.3) is 0 Å². The Morgan fingerprint density at radius 2 is 1.87 bits per heavy atom. The molecule has 3 aromatic rings. The van der Waals surface area contributed by atoms with Gasteiger partial charge in [0.1, 0.15) is 17.3 Å². The second-order valence-electron chi connectivity index (χ2n) is 6.32. The first-order valence-corrected chi connectivity index (χ1v) is 9.45. The molecule has 31 heavy (non-hydrogen) atoms. The topological polar surface area (TPSA) is 81.8 Å². The summed E-state index contributed by atoms with van der Waals surface area (Å²) in [6.45, 7) is 2.19. The van der Waals surface area contributed by atoms with Gasteiger partial charge in [-0.1, -0.05) is 19.1 Å². The summed E-state index contributed by atoms with van der Waals surface area (Å²) in [5.41, 5.74) is 8.14. The van der Waals surface area contributed by atoms with E-state index in [1.807, 2.05) is 55.5 Å². The van der Waals surface area contributed by atoms with Crippen LogP contribution in [-0.4, -0.2) is 24.7 Å².